The lowest BCUT2D eigenvalue weighted by atomic mass is 10.2. The fourth-order valence-electron chi connectivity index (χ4n) is 1.90. The highest BCUT2D eigenvalue weighted by Gasteiger charge is 2.18. The molecule has 2 N–H and O–H groups in total. The minimum Gasteiger partial charge on any atom is -0.436 e. The van der Waals surface area contributed by atoms with Crippen molar-refractivity contribution in [3.05, 3.63) is 35.5 Å². The highest BCUT2D eigenvalue weighted by atomic mass is 35.5. The molecule has 0 aliphatic carbocycles. The molecule has 0 aliphatic heterocycles. The van der Waals surface area contributed by atoms with Crippen molar-refractivity contribution in [1.82, 2.24) is 9.97 Å². The number of carbonyl (C=O) groups excluding carboxylic acids is 1. The predicted molar refractivity (Wildman–Crippen MR) is 78.0 cm³/mol. The Bertz CT molecular complexity index is 788. The van der Waals surface area contributed by atoms with E-state index in [1.165, 1.54) is 13.0 Å². The first-order valence-electron chi connectivity index (χ1n) is 6.05. The number of nitrogens with zero attached hydrogens (tertiary/aromatic N) is 2. The first kappa shape index (κ1) is 13.4. The maximum atomic E-state index is 10.9. The average molecular weight is 304 g/mol. The Morgan fingerprint density at radius 2 is 2.10 bits per heavy atom. The van der Waals surface area contributed by atoms with E-state index in [1.807, 2.05) is 18.2 Å². The van der Waals surface area contributed by atoms with E-state index >= 15 is 0 Å². The van der Waals surface area contributed by atoms with E-state index in [4.69, 9.17) is 26.5 Å². The van der Waals surface area contributed by atoms with Crippen molar-refractivity contribution in [1.29, 1.82) is 0 Å². The van der Waals surface area contributed by atoms with Crippen LogP contribution >= 0.6 is 11.6 Å². The molecule has 0 aliphatic rings. The van der Waals surface area contributed by atoms with Crippen LogP contribution in [0.4, 0.5) is 5.69 Å². The number of hydrogen-bond acceptors (Lipinski definition) is 6. The van der Waals surface area contributed by atoms with Gasteiger partial charge in [0.1, 0.15) is 10.7 Å². The quantitative estimate of drug-likeness (QED) is 0.578. The van der Waals surface area contributed by atoms with Gasteiger partial charge in [-0.1, -0.05) is 23.7 Å². The lowest BCUT2D eigenvalue weighted by Gasteiger charge is -2.06. The van der Waals surface area contributed by atoms with E-state index in [0.29, 0.717) is 16.7 Å². The third-order valence-corrected chi connectivity index (χ3v) is 3.01. The van der Waals surface area contributed by atoms with Crippen LogP contribution in [0.15, 0.2) is 34.7 Å². The Labute approximate surface area is 124 Å². The monoisotopic (exact) mass is 303 g/mol. The number of esters is 1. The molecule has 2 heterocycles. The van der Waals surface area contributed by atoms with Crippen LogP contribution in [0.2, 0.25) is 5.15 Å². The Morgan fingerprint density at radius 1 is 1.33 bits per heavy atom. The molecule has 0 saturated heterocycles. The maximum Gasteiger partial charge on any atom is 0.309 e. The number of pyridine rings is 1. The van der Waals surface area contributed by atoms with Crippen molar-refractivity contribution in [2.24, 2.45) is 0 Å². The predicted octanol–water partition coefficient (Wildman–Crippen LogP) is 3.05. The molecule has 3 aromatic rings. The highest BCUT2D eigenvalue weighted by Crippen LogP contribution is 2.35. The molecule has 3 rings (SSSR count). The highest BCUT2D eigenvalue weighted by molar-refractivity contribution is 6.32. The van der Waals surface area contributed by atoms with E-state index in [9.17, 15) is 4.79 Å². The summed E-state index contributed by atoms with van der Waals surface area (Å²) in [5, 5.41) is 0.0535. The Hall–Kier alpha value is -2.60. The largest absolute Gasteiger partial charge is 0.436 e. The smallest absolute Gasteiger partial charge is 0.309 e. The number of ether oxygens (including phenoxy) is 1. The molecule has 21 heavy (non-hydrogen) atoms. The molecule has 0 bridgehead atoms. The summed E-state index contributed by atoms with van der Waals surface area (Å²) >= 11 is 6.10. The number of hydrogen-bond donors (Lipinski definition) is 1. The second-order valence-corrected chi connectivity index (χ2v) is 4.65. The first-order valence-corrected chi connectivity index (χ1v) is 6.43. The number of rotatable bonds is 2. The number of anilines is 1. The molecular weight excluding hydrogens is 294 g/mol. The Balaban J connectivity index is 2.11. The SMILES string of the molecule is CC(=O)Oc1cc(N)c(-c2nc3ccccc3o2)c(Cl)n1. The summed E-state index contributed by atoms with van der Waals surface area (Å²) in [5.74, 6) is -0.210. The number of nitrogens with two attached hydrogens (primary N) is 1. The molecule has 106 valence electrons. The molecule has 0 atom stereocenters. The molecule has 0 unspecified atom stereocenters. The van der Waals surface area contributed by atoms with Gasteiger partial charge in [-0.2, -0.15) is 0 Å². The van der Waals surface area contributed by atoms with Crippen molar-refractivity contribution in [3.63, 3.8) is 0 Å². The lowest BCUT2D eigenvalue weighted by molar-refractivity contribution is -0.132. The van der Waals surface area contributed by atoms with Gasteiger partial charge in [0.25, 0.3) is 0 Å². The van der Waals surface area contributed by atoms with Crippen LogP contribution in [-0.2, 0) is 4.79 Å². The minimum atomic E-state index is -0.507. The molecule has 6 nitrogen and oxygen atoms in total. The van der Waals surface area contributed by atoms with E-state index in [2.05, 4.69) is 9.97 Å². The van der Waals surface area contributed by atoms with Crippen molar-refractivity contribution >= 4 is 34.4 Å². The second-order valence-electron chi connectivity index (χ2n) is 4.30. The van der Waals surface area contributed by atoms with Gasteiger partial charge in [0.15, 0.2) is 5.58 Å². The summed E-state index contributed by atoms with van der Waals surface area (Å²) in [7, 11) is 0. The van der Waals surface area contributed by atoms with Gasteiger partial charge in [-0.05, 0) is 12.1 Å². The molecule has 0 spiro atoms. The van der Waals surface area contributed by atoms with Crippen molar-refractivity contribution in [2.45, 2.75) is 6.92 Å². The molecule has 0 amide bonds. The van der Waals surface area contributed by atoms with Crippen LogP contribution in [0.1, 0.15) is 6.92 Å². The molecule has 0 radical (unpaired) electrons. The van der Waals surface area contributed by atoms with Crippen molar-refractivity contribution < 1.29 is 13.9 Å². The van der Waals surface area contributed by atoms with Crippen molar-refractivity contribution in [3.8, 4) is 17.3 Å². The third-order valence-electron chi connectivity index (χ3n) is 2.74. The van der Waals surface area contributed by atoms with E-state index in [1.54, 1.807) is 6.07 Å². The number of halogens is 1. The summed E-state index contributed by atoms with van der Waals surface area (Å²) in [4.78, 5) is 19.2. The maximum absolute atomic E-state index is 10.9. The van der Waals surface area contributed by atoms with Gasteiger partial charge in [-0.15, -0.1) is 0 Å². The first-order chi connectivity index (χ1) is 10.0. The van der Waals surface area contributed by atoms with Gasteiger partial charge in [0, 0.05) is 13.0 Å². The molecule has 1 aromatic carbocycles. The van der Waals surface area contributed by atoms with Crippen LogP contribution in [0, 0.1) is 0 Å². The number of para-hydroxylation sites is 2. The zero-order valence-electron chi connectivity index (χ0n) is 11.0. The molecule has 0 saturated carbocycles. The summed E-state index contributed by atoms with van der Waals surface area (Å²) < 4.78 is 10.5. The number of oxazole rings is 1. The minimum absolute atomic E-state index is 0.0323. The number of fused-ring (bicyclic) bond motifs is 1. The molecule has 2 aromatic heterocycles. The van der Waals surface area contributed by atoms with Crippen LogP contribution in [0.25, 0.3) is 22.6 Å². The van der Waals surface area contributed by atoms with Gasteiger partial charge in [0.05, 0.1) is 11.3 Å². The molecular formula is C14H10ClN3O3. The van der Waals surface area contributed by atoms with Gasteiger partial charge in [-0.25, -0.2) is 9.97 Å². The fourth-order valence-corrected chi connectivity index (χ4v) is 2.17. The van der Waals surface area contributed by atoms with Gasteiger partial charge in [-0.3, -0.25) is 4.79 Å². The van der Waals surface area contributed by atoms with Crippen LogP contribution in [0.5, 0.6) is 5.88 Å². The number of aromatic nitrogens is 2. The van der Waals surface area contributed by atoms with E-state index in [0.717, 1.165) is 0 Å². The number of nitrogen functional groups attached to an aromatic ring is 1. The number of carbonyl (C=O) groups is 1. The standard InChI is InChI=1S/C14H10ClN3O3/c1-7(19)20-11-6-8(16)12(13(15)18-11)14-17-9-4-2-3-5-10(9)21-14/h2-6H,1H3,(H2,16,18). The topological polar surface area (TPSA) is 91.2 Å². The summed E-state index contributed by atoms with van der Waals surface area (Å²) in [6, 6.07) is 8.69. The normalized spacial score (nSPS) is 10.8. The zero-order valence-corrected chi connectivity index (χ0v) is 11.7. The summed E-state index contributed by atoms with van der Waals surface area (Å²) in [6.45, 7) is 1.26. The summed E-state index contributed by atoms with van der Waals surface area (Å²) in [6.07, 6.45) is 0. The lowest BCUT2D eigenvalue weighted by Crippen LogP contribution is -2.05. The summed E-state index contributed by atoms with van der Waals surface area (Å²) in [5.41, 5.74) is 7.87. The van der Waals surface area contributed by atoms with E-state index < -0.39 is 5.97 Å². The van der Waals surface area contributed by atoms with Crippen LogP contribution < -0.4 is 10.5 Å². The Morgan fingerprint density at radius 3 is 2.76 bits per heavy atom. The van der Waals surface area contributed by atoms with Crippen molar-refractivity contribution in [2.75, 3.05) is 5.73 Å². The average Bonchev–Trinajstić information content (AvgIpc) is 2.80. The van der Waals surface area contributed by atoms with E-state index in [-0.39, 0.29) is 22.6 Å². The zero-order chi connectivity index (χ0) is 15.0. The van der Waals surface area contributed by atoms with Gasteiger partial charge in [0.2, 0.25) is 11.8 Å². The second kappa shape index (κ2) is 5.06. The van der Waals surface area contributed by atoms with Gasteiger partial charge >= 0.3 is 5.97 Å². The fraction of sp³-hybridized carbons (Fsp3) is 0.0714. The van der Waals surface area contributed by atoms with Crippen LogP contribution in [-0.4, -0.2) is 15.9 Å². The third kappa shape index (κ3) is 2.53. The van der Waals surface area contributed by atoms with Crippen LogP contribution in [0.3, 0.4) is 0 Å². The molecule has 0 fully saturated rings. The Kier molecular flexibility index (Phi) is 3.23. The molecule has 7 heteroatoms. The number of benzene rings is 1. The van der Waals surface area contributed by atoms with Gasteiger partial charge < -0.3 is 14.9 Å².